The highest BCUT2D eigenvalue weighted by Crippen LogP contribution is 2.40. The summed E-state index contributed by atoms with van der Waals surface area (Å²) in [5.74, 6) is -2.32. The summed E-state index contributed by atoms with van der Waals surface area (Å²) in [6.07, 6.45) is 17.5. The van der Waals surface area contributed by atoms with Crippen molar-refractivity contribution in [3.05, 3.63) is 119 Å². The highest BCUT2D eigenvalue weighted by atomic mass is 19.2. The van der Waals surface area contributed by atoms with Gasteiger partial charge in [0.25, 0.3) is 0 Å². The Kier molecular flexibility index (Phi) is 7.14. The molecular weight excluding hydrogens is 421 g/mol. The van der Waals surface area contributed by atoms with Crippen LogP contribution in [0.1, 0.15) is 30.4 Å². The molecule has 0 aliphatic heterocycles. The van der Waals surface area contributed by atoms with E-state index in [2.05, 4.69) is 6.58 Å². The predicted octanol–water partition coefficient (Wildman–Crippen LogP) is 8.14. The first kappa shape index (κ1) is 23.1. The number of halogens is 3. The lowest BCUT2D eigenvalue weighted by molar-refractivity contribution is 0.141. The molecule has 4 rings (SSSR count). The van der Waals surface area contributed by atoms with Crippen molar-refractivity contribution in [1.82, 2.24) is 0 Å². The van der Waals surface area contributed by atoms with Crippen LogP contribution in [0.25, 0.3) is 11.6 Å². The number of hydrogen-bond acceptors (Lipinski definition) is 1. The Labute approximate surface area is 193 Å². The van der Waals surface area contributed by atoms with E-state index in [1.165, 1.54) is 6.08 Å². The van der Waals surface area contributed by atoms with Crippen LogP contribution < -0.4 is 0 Å². The first-order chi connectivity index (χ1) is 16.0. The van der Waals surface area contributed by atoms with Gasteiger partial charge in [-0.25, -0.2) is 13.2 Å². The molecule has 3 atom stereocenters. The molecule has 0 saturated heterocycles. The minimum absolute atomic E-state index is 0.0588. The summed E-state index contributed by atoms with van der Waals surface area (Å²) in [4.78, 5) is 0. The van der Waals surface area contributed by atoms with Crippen LogP contribution >= 0.6 is 0 Å². The van der Waals surface area contributed by atoms with E-state index >= 15 is 0 Å². The molecular formula is C29H27F3O. The van der Waals surface area contributed by atoms with Crippen molar-refractivity contribution in [2.75, 3.05) is 7.11 Å². The maximum absolute atomic E-state index is 14.8. The lowest BCUT2D eigenvalue weighted by Gasteiger charge is -2.27. The monoisotopic (exact) mass is 448 g/mol. The molecule has 33 heavy (non-hydrogen) atoms. The van der Waals surface area contributed by atoms with Crippen molar-refractivity contribution in [2.24, 2.45) is 11.8 Å². The molecule has 1 nitrogen and oxygen atoms in total. The predicted molar refractivity (Wildman–Crippen MR) is 129 cm³/mol. The van der Waals surface area contributed by atoms with Gasteiger partial charge in [0.15, 0.2) is 5.83 Å². The van der Waals surface area contributed by atoms with Crippen LogP contribution in [0.15, 0.2) is 108 Å². The summed E-state index contributed by atoms with van der Waals surface area (Å²) in [6, 6.07) is 7.32. The van der Waals surface area contributed by atoms with Gasteiger partial charge in [-0.3, -0.25) is 0 Å². The fraction of sp³-hybridized carbons (Fsp3) is 0.241. The minimum Gasteiger partial charge on any atom is -0.377 e. The Bertz CT molecular complexity index is 1130. The minimum atomic E-state index is -0.793. The third kappa shape index (κ3) is 5.12. The molecule has 0 aromatic heterocycles. The van der Waals surface area contributed by atoms with E-state index in [9.17, 15) is 13.2 Å². The Hall–Kier alpha value is -3.11. The zero-order valence-electron chi connectivity index (χ0n) is 18.6. The molecule has 0 fully saturated rings. The van der Waals surface area contributed by atoms with Crippen LogP contribution in [0, 0.1) is 11.8 Å². The molecule has 0 amide bonds. The first-order valence-corrected chi connectivity index (χ1v) is 11.2. The maximum Gasteiger partial charge on any atom is 0.161 e. The number of ether oxygens (including phenoxy) is 1. The molecule has 0 saturated carbocycles. The molecule has 3 unspecified atom stereocenters. The lowest BCUT2D eigenvalue weighted by Crippen LogP contribution is -2.18. The topological polar surface area (TPSA) is 9.23 Å². The number of benzene rings is 1. The van der Waals surface area contributed by atoms with Gasteiger partial charge >= 0.3 is 0 Å². The van der Waals surface area contributed by atoms with Crippen LogP contribution in [0.4, 0.5) is 13.2 Å². The highest BCUT2D eigenvalue weighted by molar-refractivity contribution is 5.78. The van der Waals surface area contributed by atoms with Crippen molar-refractivity contribution < 1.29 is 17.9 Å². The van der Waals surface area contributed by atoms with Gasteiger partial charge in [-0.05, 0) is 48.0 Å². The molecule has 0 spiro atoms. The van der Waals surface area contributed by atoms with Crippen LogP contribution in [0.3, 0.4) is 0 Å². The van der Waals surface area contributed by atoms with Crippen LogP contribution in [-0.4, -0.2) is 13.2 Å². The van der Waals surface area contributed by atoms with Crippen molar-refractivity contribution >= 4 is 11.6 Å². The van der Waals surface area contributed by atoms with Gasteiger partial charge in [-0.1, -0.05) is 79.5 Å². The third-order valence-corrected chi connectivity index (χ3v) is 6.42. The molecule has 3 aliphatic carbocycles. The summed E-state index contributed by atoms with van der Waals surface area (Å²) >= 11 is 0. The Morgan fingerprint density at radius 1 is 0.970 bits per heavy atom. The average molecular weight is 449 g/mol. The number of methoxy groups -OCH3 is 1. The second-order valence-electron chi connectivity index (χ2n) is 8.43. The van der Waals surface area contributed by atoms with Gasteiger partial charge in [0.2, 0.25) is 0 Å². The third-order valence-electron chi connectivity index (χ3n) is 6.42. The zero-order valence-corrected chi connectivity index (χ0v) is 18.6. The largest absolute Gasteiger partial charge is 0.377 e. The SMILES string of the molecule is C=CC1=CCC(C2CC=C(/C=C/c3ccc(C4=CCC(OC)C=C4F)cc3)C(F)=C2F)C=C1. The Morgan fingerprint density at radius 3 is 2.39 bits per heavy atom. The molecule has 0 bridgehead atoms. The normalized spacial score (nSPS) is 25.5. The number of rotatable bonds is 6. The van der Waals surface area contributed by atoms with Crippen LogP contribution in [-0.2, 0) is 4.74 Å². The first-order valence-electron chi connectivity index (χ1n) is 11.2. The van der Waals surface area contributed by atoms with Crippen LogP contribution in [0.2, 0.25) is 0 Å². The van der Waals surface area contributed by atoms with Gasteiger partial charge in [0, 0.05) is 24.2 Å². The molecule has 1 aromatic rings. The summed E-state index contributed by atoms with van der Waals surface area (Å²) in [6.45, 7) is 3.74. The van der Waals surface area contributed by atoms with Crippen molar-refractivity contribution in [1.29, 1.82) is 0 Å². The quantitative estimate of drug-likeness (QED) is 0.427. The second-order valence-corrected chi connectivity index (χ2v) is 8.43. The molecule has 1 aromatic carbocycles. The van der Waals surface area contributed by atoms with Gasteiger partial charge < -0.3 is 4.74 Å². The fourth-order valence-corrected chi connectivity index (χ4v) is 4.39. The van der Waals surface area contributed by atoms with E-state index in [-0.39, 0.29) is 23.4 Å². The summed E-state index contributed by atoms with van der Waals surface area (Å²) < 4.78 is 49.1. The number of hydrogen-bond donors (Lipinski definition) is 0. The molecule has 170 valence electrons. The summed E-state index contributed by atoms with van der Waals surface area (Å²) in [5, 5.41) is 0. The Balaban J connectivity index is 1.42. The average Bonchev–Trinajstić information content (AvgIpc) is 2.85. The van der Waals surface area contributed by atoms with E-state index in [0.717, 1.165) is 16.7 Å². The van der Waals surface area contributed by atoms with Gasteiger partial charge in [0.05, 0.1) is 6.10 Å². The maximum atomic E-state index is 14.8. The van der Waals surface area contributed by atoms with E-state index in [4.69, 9.17) is 4.74 Å². The highest BCUT2D eigenvalue weighted by Gasteiger charge is 2.30. The van der Waals surface area contributed by atoms with Crippen molar-refractivity contribution in [3.8, 4) is 0 Å². The zero-order chi connectivity index (χ0) is 23.4. The molecule has 0 N–H and O–H groups in total. The van der Waals surface area contributed by atoms with Gasteiger partial charge in [-0.2, -0.15) is 0 Å². The van der Waals surface area contributed by atoms with Crippen molar-refractivity contribution in [3.63, 3.8) is 0 Å². The summed E-state index contributed by atoms with van der Waals surface area (Å²) in [7, 11) is 1.56. The molecule has 3 aliphatic rings. The van der Waals surface area contributed by atoms with Crippen molar-refractivity contribution in [2.45, 2.75) is 25.4 Å². The molecule has 4 heteroatoms. The Morgan fingerprint density at radius 2 is 1.76 bits per heavy atom. The van der Waals surface area contributed by atoms with E-state index in [1.54, 1.807) is 31.4 Å². The van der Waals surface area contributed by atoms with Gasteiger partial charge in [0.1, 0.15) is 11.7 Å². The smallest absolute Gasteiger partial charge is 0.161 e. The molecule has 0 radical (unpaired) electrons. The summed E-state index contributed by atoms with van der Waals surface area (Å²) in [5.41, 5.74) is 3.39. The van der Waals surface area contributed by atoms with Crippen LogP contribution in [0.5, 0.6) is 0 Å². The molecule has 0 heterocycles. The lowest BCUT2D eigenvalue weighted by atomic mass is 9.79. The number of allylic oxidation sites excluding steroid dienone is 12. The second kappa shape index (κ2) is 10.2. The standard InChI is InChI=1S/C29H27F3O/c1-3-19-4-9-22(10-5-19)26-16-14-23(28(31)29(26)32)13-8-20-6-11-21(12-7-20)25-17-15-24(33-2)18-27(25)30/h3-9,11-14,17-18,22,24,26H,1,10,15-16H2,2H3/b13-8+. The van der Waals surface area contributed by atoms with E-state index in [0.29, 0.717) is 24.8 Å². The van der Waals surface area contributed by atoms with E-state index in [1.807, 2.05) is 48.6 Å². The van der Waals surface area contributed by atoms with E-state index < -0.39 is 17.6 Å². The van der Waals surface area contributed by atoms with Gasteiger partial charge in [-0.15, -0.1) is 0 Å². The fourth-order valence-electron chi connectivity index (χ4n) is 4.39.